The van der Waals surface area contributed by atoms with Crippen LogP contribution in [0.3, 0.4) is 0 Å². The van der Waals surface area contributed by atoms with Gasteiger partial charge in [-0.05, 0) is 38.0 Å². The molecule has 6 nitrogen and oxygen atoms in total. The fourth-order valence-electron chi connectivity index (χ4n) is 4.13. The minimum absolute atomic E-state index is 0.00653. The molecule has 0 spiro atoms. The van der Waals surface area contributed by atoms with Gasteiger partial charge >= 0.3 is 0 Å². The molecule has 164 valence electrons. The Labute approximate surface area is 178 Å². The number of hydrogen-bond acceptors (Lipinski definition) is 6. The third kappa shape index (κ3) is 4.71. The highest BCUT2D eigenvalue weighted by atomic mass is 16.7. The number of ketones is 3. The Bertz CT molecular complexity index is 821. The van der Waals surface area contributed by atoms with Crippen LogP contribution in [0.2, 0.25) is 0 Å². The first kappa shape index (κ1) is 22.8. The predicted octanol–water partition coefficient (Wildman–Crippen LogP) is 3.50. The van der Waals surface area contributed by atoms with Gasteiger partial charge in [0.25, 0.3) is 0 Å². The SMILES string of the molecule is CO[C@@H](CC(=O)CCC1=C2C=CC(=O)C2(C)C=CC1=O)CC1(C)OCC(C)(C)CO1. The van der Waals surface area contributed by atoms with Crippen LogP contribution in [0, 0.1) is 10.8 Å². The average molecular weight is 417 g/mol. The minimum atomic E-state index is -0.778. The Morgan fingerprint density at radius 3 is 2.40 bits per heavy atom. The van der Waals surface area contributed by atoms with Crippen LogP contribution in [0.4, 0.5) is 0 Å². The first-order chi connectivity index (χ1) is 14.0. The summed E-state index contributed by atoms with van der Waals surface area (Å²) in [5, 5.41) is 0. The van der Waals surface area contributed by atoms with Gasteiger partial charge in [0.1, 0.15) is 5.78 Å². The molecule has 0 N–H and O–H groups in total. The number of hydrogen-bond donors (Lipinski definition) is 0. The molecule has 0 amide bonds. The van der Waals surface area contributed by atoms with E-state index in [9.17, 15) is 14.4 Å². The molecule has 0 aromatic carbocycles. The molecule has 3 aliphatic rings. The van der Waals surface area contributed by atoms with E-state index in [4.69, 9.17) is 14.2 Å². The van der Waals surface area contributed by atoms with Crippen molar-refractivity contribution in [3.05, 3.63) is 35.5 Å². The summed E-state index contributed by atoms with van der Waals surface area (Å²) in [4.78, 5) is 37.2. The van der Waals surface area contributed by atoms with Gasteiger partial charge in [-0.1, -0.05) is 26.0 Å². The van der Waals surface area contributed by atoms with Crippen molar-refractivity contribution in [3.8, 4) is 0 Å². The summed E-state index contributed by atoms with van der Waals surface area (Å²) in [6.45, 7) is 9.03. The van der Waals surface area contributed by atoms with Crippen LogP contribution in [0.1, 0.15) is 53.4 Å². The van der Waals surface area contributed by atoms with Crippen molar-refractivity contribution in [2.24, 2.45) is 10.8 Å². The summed E-state index contributed by atoms with van der Waals surface area (Å²) >= 11 is 0. The summed E-state index contributed by atoms with van der Waals surface area (Å²) in [5.74, 6) is -0.931. The van der Waals surface area contributed by atoms with Crippen LogP contribution in [-0.4, -0.2) is 49.6 Å². The first-order valence-corrected chi connectivity index (χ1v) is 10.5. The fraction of sp³-hybridized carbons (Fsp3) is 0.625. The Hall–Kier alpha value is -1.89. The molecule has 2 atom stereocenters. The van der Waals surface area contributed by atoms with E-state index in [1.54, 1.807) is 19.3 Å². The lowest BCUT2D eigenvalue weighted by Gasteiger charge is -2.42. The second kappa shape index (κ2) is 8.33. The second-order valence-corrected chi connectivity index (χ2v) is 9.67. The molecule has 0 aromatic rings. The zero-order valence-electron chi connectivity index (χ0n) is 18.6. The third-order valence-electron chi connectivity index (χ3n) is 6.24. The molecule has 0 bridgehead atoms. The largest absolute Gasteiger partial charge is 0.381 e. The van der Waals surface area contributed by atoms with Gasteiger partial charge in [-0.2, -0.15) is 0 Å². The Balaban J connectivity index is 1.58. The standard InChI is InChI=1S/C24H32O6/c1-22(2)14-29-24(4,30-15-22)13-17(28-5)12-16(25)6-7-18-19-8-9-21(27)23(19,3)11-10-20(18)26/h8-11,17H,6-7,12-15H2,1-5H3/t17-,23?/m0/s1. The topological polar surface area (TPSA) is 78.9 Å². The highest BCUT2D eigenvalue weighted by Crippen LogP contribution is 2.42. The molecule has 0 aromatic heterocycles. The molecule has 0 saturated carbocycles. The van der Waals surface area contributed by atoms with Crippen molar-refractivity contribution in [2.45, 2.75) is 65.3 Å². The molecule has 1 fully saturated rings. The molecule has 1 unspecified atom stereocenters. The van der Waals surface area contributed by atoms with Crippen molar-refractivity contribution >= 4 is 17.3 Å². The monoisotopic (exact) mass is 416 g/mol. The summed E-state index contributed by atoms with van der Waals surface area (Å²) in [7, 11) is 1.58. The van der Waals surface area contributed by atoms with E-state index in [-0.39, 0.29) is 41.7 Å². The fourth-order valence-corrected chi connectivity index (χ4v) is 4.13. The van der Waals surface area contributed by atoms with E-state index < -0.39 is 11.2 Å². The smallest absolute Gasteiger partial charge is 0.181 e. The maximum Gasteiger partial charge on any atom is 0.181 e. The van der Waals surface area contributed by atoms with E-state index >= 15 is 0 Å². The van der Waals surface area contributed by atoms with E-state index in [2.05, 4.69) is 13.8 Å². The number of carbonyl (C=O) groups is 3. The molecule has 30 heavy (non-hydrogen) atoms. The molecule has 1 aliphatic heterocycles. The van der Waals surface area contributed by atoms with Gasteiger partial charge in [0.2, 0.25) is 0 Å². The Kier molecular flexibility index (Phi) is 6.33. The van der Waals surface area contributed by atoms with Gasteiger partial charge in [0.05, 0.1) is 24.7 Å². The summed E-state index contributed by atoms with van der Waals surface area (Å²) in [5.41, 5.74) is 0.463. The number of allylic oxidation sites excluding steroid dienone is 6. The van der Waals surface area contributed by atoms with Crippen LogP contribution >= 0.6 is 0 Å². The maximum absolute atomic E-state index is 12.6. The highest BCUT2D eigenvalue weighted by Gasteiger charge is 2.41. The number of fused-ring (bicyclic) bond motifs is 1. The van der Waals surface area contributed by atoms with E-state index in [1.165, 1.54) is 12.2 Å². The van der Waals surface area contributed by atoms with E-state index in [0.717, 1.165) is 5.57 Å². The van der Waals surface area contributed by atoms with E-state index in [1.807, 2.05) is 13.8 Å². The minimum Gasteiger partial charge on any atom is -0.381 e. The Morgan fingerprint density at radius 1 is 1.10 bits per heavy atom. The molecular formula is C24H32O6. The highest BCUT2D eigenvalue weighted by molar-refractivity contribution is 6.13. The lowest BCUT2D eigenvalue weighted by Crippen LogP contribution is -2.47. The first-order valence-electron chi connectivity index (χ1n) is 10.5. The number of Topliss-reactive ketones (excluding diaryl/α,β-unsaturated/α-hetero) is 1. The molecule has 0 radical (unpaired) electrons. The molecule has 6 heteroatoms. The van der Waals surface area contributed by atoms with Crippen LogP contribution in [0.15, 0.2) is 35.5 Å². The van der Waals surface area contributed by atoms with Crippen molar-refractivity contribution in [3.63, 3.8) is 0 Å². The number of ether oxygens (including phenoxy) is 3. The van der Waals surface area contributed by atoms with Crippen molar-refractivity contribution in [1.82, 2.24) is 0 Å². The maximum atomic E-state index is 12.6. The number of carbonyl (C=O) groups excluding carboxylic acids is 3. The third-order valence-corrected chi connectivity index (χ3v) is 6.24. The van der Waals surface area contributed by atoms with Gasteiger partial charge in [0.15, 0.2) is 17.4 Å². The van der Waals surface area contributed by atoms with Crippen molar-refractivity contribution in [2.75, 3.05) is 20.3 Å². The van der Waals surface area contributed by atoms with Crippen molar-refractivity contribution < 1.29 is 28.6 Å². The van der Waals surface area contributed by atoms with Crippen LogP contribution in [0.25, 0.3) is 0 Å². The van der Waals surface area contributed by atoms with Gasteiger partial charge in [-0.15, -0.1) is 0 Å². The van der Waals surface area contributed by atoms with Gasteiger partial charge < -0.3 is 14.2 Å². The lowest BCUT2D eigenvalue weighted by atomic mass is 9.75. The molecule has 2 aliphatic carbocycles. The Morgan fingerprint density at radius 2 is 1.77 bits per heavy atom. The second-order valence-electron chi connectivity index (χ2n) is 9.67. The van der Waals surface area contributed by atoms with Crippen molar-refractivity contribution in [1.29, 1.82) is 0 Å². The normalized spacial score (nSPS) is 28.0. The number of methoxy groups -OCH3 is 1. The quantitative estimate of drug-likeness (QED) is 0.603. The molecule has 3 rings (SSSR count). The molecule has 1 saturated heterocycles. The van der Waals surface area contributed by atoms with Crippen LogP contribution < -0.4 is 0 Å². The lowest BCUT2D eigenvalue weighted by molar-refractivity contribution is -0.299. The number of rotatable bonds is 8. The van der Waals surface area contributed by atoms with Gasteiger partial charge in [-0.3, -0.25) is 14.4 Å². The van der Waals surface area contributed by atoms with Gasteiger partial charge in [-0.25, -0.2) is 0 Å². The summed E-state index contributed by atoms with van der Waals surface area (Å²) in [6, 6.07) is 0. The molecular weight excluding hydrogens is 384 g/mol. The zero-order chi connectivity index (χ0) is 22.2. The van der Waals surface area contributed by atoms with E-state index in [0.29, 0.717) is 31.6 Å². The summed E-state index contributed by atoms with van der Waals surface area (Å²) in [6.07, 6.45) is 7.21. The van der Waals surface area contributed by atoms with Crippen LogP contribution in [-0.2, 0) is 28.6 Å². The predicted molar refractivity (Wildman–Crippen MR) is 112 cm³/mol. The summed E-state index contributed by atoms with van der Waals surface area (Å²) < 4.78 is 17.4. The zero-order valence-corrected chi connectivity index (χ0v) is 18.6. The van der Waals surface area contributed by atoms with Crippen LogP contribution in [0.5, 0.6) is 0 Å². The average Bonchev–Trinajstić information content (AvgIpc) is 2.99. The molecule has 1 heterocycles. The van der Waals surface area contributed by atoms with Gasteiger partial charge in [0, 0.05) is 37.4 Å².